The van der Waals surface area contributed by atoms with Gasteiger partial charge < -0.3 is 10.4 Å². The maximum atomic E-state index is 10.8. The number of rotatable bonds is 7. The first-order chi connectivity index (χ1) is 6.16. The van der Waals surface area contributed by atoms with E-state index in [0.717, 1.165) is 0 Å². The van der Waals surface area contributed by atoms with E-state index in [1.54, 1.807) is 0 Å². The van der Waals surface area contributed by atoms with Gasteiger partial charge in [0.15, 0.2) is 0 Å². The number of nitrogens with one attached hydrogen (secondary N) is 1. The maximum Gasteiger partial charge on any atom is 0.220 e. The SMILES string of the molecule is O=C(CCCON(O)O)NCCO. The molecular formula is C6H14N2O5. The number of aliphatic hydroxyl groups excluding tert-OH is 1. The van der Waals surface area contributed by atoms with Crippen molar-refractivity contribution in [3.8, 4) is 0 Å². The Kier molecular flexibility index (Phi) is 7.45. The second kappa shape index (κ2) is 7.90. The summed E-state index contributed by atoms with van der Waals surface area (Å²) < 4.78 is 0. The molecule has 7 nitrogen and oxygen atoms in total. The van der Waals surface area contributed by atoms with Crippen molar-refractivity contribution in [2.75, 3.05) is 19.8 Å². The van der Waals surface area contributed by atoms with E-state index in [-0.39, 0.29) is 32.1 Å². The zero-order valence-corrected chi connectivity index (χ0v) is 7.14. The number of carbonyl (C=O) groups is 1. The number of nitrogens with zero attached hydrogens (tertiary/aromatic N) is 1. The van der Waals surface area contributed by atoms with Crippen LogP contribution in [0.4, 0.5) is 0 Å². The van der Waals surface area contributed by atoms with E-state index in [9.17, 15) is 4.79 Å². The molecule has 78 valence electrons. The third-order valence-corrected chi connectivity index (χ3v) is 1.19. The van der Waals surface area contributed by atoms with Crippen molar-refractivity contribution in [2.45, 2.75) is 12.8 Å². The van der Waals surface area contributed by atoms with E-state index in [1.165, 1.54) is 0 Å². The van der Waals surface area contributed by atoms with Gasteiger partial charge in [0.1, 0.15) is 0 Å². The molecule has 0 aliphatic heterocycles. The maximum absolute atomic E-state index is 10.8. The number of amides is 1. The summed E-state index contributed by atoms with van der Waals surface area (Å²) in [4.78, 5) is 15.0. The molecule has 13 heavy (non-hydrogen) atoms. The Bertz CT molecular complexity index is 141. The summed E-state index contributed by atoms with van der Waals surface area (Å²) in [6.45, 7) is 0.175. The van der Waals surface area contributed by atoms with Crippen LogP contribution in [0, 0.1) is 0 Å². The molecule has 0 radical (unpaired) electrons. The average molecular weight is 194 g/mol. The van der Waals surface area contributed by atoms with Crippen molar-refractivity contribution in [1.29, 1.82) is 0 Å². The van der Waals surface area contributed by atoms with Crippen molar-refractivity contribution in [3.05, 3.63) is 0 Å². The number of aliphatic hydroxyl groups is 1. The van der Waals surface area contributed by atoms with E-state index in [4.69, 9.17) is 15.5 Å². The van der Waals surface area contributed by atoms with E-state index in [0.29, 0.717) is 6.42 Å². The van der Waals surface area contributed by atoms with Gasteiger partial charge in [-0.15, -0.1) is 0 Å². The highest BCUT2D eigenvalue weighted by molar-refractivity contribution is 5.75. The molecule has 0 aliphatic rings. The van der Waals surface area contributed by atoms with Crippen LogP contribution in [0.15, 0.2) is 0 Å². The molecule has 0 aliphatic carbocycles. The third-order valence-electron chi connectivity index (χ3n) is 1.19. The fourth-order valence-electron chi connectivity index (χ4n) is 0.663. The monoisotopic (exact) mass is 194 g/mol. The second-order valence-corrected chi connectivity index (χ2v) is 2.26. The molecule has 0 heterocycles. The predicted molar refractivity (Wildman–Crippen MR) is 40.7 cm³/mol. The van der Waals surface area contributed by atoms with Crippen LogP contribution in [-0.2, 0) is 9.63 Å². The van der Waals surface area contributed by atoms with Crippen LogP contribution in [0.5, 0.6) is 0 Å². The summed E-state index contributed by atoms with van der Waals surface area (Å²) in [6, 6.07) is 0. The molecule has 0 spiro atoms. The summed E-state index contributed by atoms with van der Waals surface area (Å²) in [6.07, 6.45) is 0.586. The Morgan fingerprint density at radius 3 is 2.69 bits per heavy atom. The first-order valence-electron chi connectivity index (χ1n) is 3.85. The fraction of sp³-hybridized carbons (Fsp3) is 0.833. The Hall–Kier alpha value is -0.730. The van der Waals surface area contributed by atoms with Gasteiger partial charge in [0, 0.05) is 13.0 Å². The molecule has 0 aromatic carbocycles. The summed E-state index contributed by atoms with van der Waals surface area (Å²) in [5.74, 6) is -0.208. The first-order valence-corrected chi connectivity index (χ1v) is 3.85. The highest BCUT2D eigenvalue weighted by atomic mass is 17.1. The Labute approximate surface area is 75.4 Å². The van der Waals surface area contributed by atoms with Crippen molar-refractivity contribution >= 4 is 5.91 Å². The van der Waals surface area contributed by atoms with E-state index in [1.807, 2.05) is 0 Å². The van der Waals surface area contributed by atoms with Gasteiger partial charge in [0.25, 0.3) is 0 Å². The molecule has 1 amide bonds. The van der Waals surface area contributed by atoms with Gasteiger partial charge in [-0.3, -0.25) is 20.0 Å². The van der Waals surface area contributed by atoms with E-state index >= 15 is 0 Å². The van der Waals surface area contributed by atoms with Crippen molar-refractivity contribution < 1.29 is 25.2 Å². The average Bonchev–Trinajstić information content (AvgIpc) is 2.08. The van der Waals surface area contributed by atoms with Crippen LogP contribution < -0.4 is 5.32 Å². The van der Waals surface area contributed by atoms with Crippen LogP contribution in [-0.4, -0.2) is 46.6 Å². The number of hydrogen-bond donors (Lipinski definition) is 4. The smallest absolute Gasteiger partial charge is 0.220 e. The van der Waals surface area contributed by atoms with Crippen LogP contribution in [0.1, 0.15) is 12.8 Å². The lowest BCUT2D eigenvalue weighted by Gasteiger charge is -2.05. The number of carbonyl (C=O) groups excluding carboxylic acids is 1. The zero-order chi connectivity index (χ0) is 10.1. The summed E-state index contributed by atoms with van der Waals surface area (Å²) in [5, 5.41) is 26.6. The first kappa shape index (κ1) is 12.3. The third kappa shape index (κ3) is 9.18. The second-order valence-electron chi connectivity index (χ2n) is 2.26. The van der Waals surface area contributed by atoms with Crippen LogP contribution in [0.3, 0.4) is 0 Å². The molecule has 0 rings (SSSR count). The lowest BCUT2D eigenvalue weighted by Crippen LogP contribution is -2.26. The molecular weight excluding hydrogens is 180 g/mol. The highest BCUT2D eigenvalue weighted by Crippen LogP contribution is 1.90. The number of hydrogen-bond acceptors (Lipinski definition) is 6. The quantitative estimate of drug-likeness (QED) is 0.302. The molecule has 7 heteroatoms. The van der Waals surface area contributed by atoms with Gasteiger partial charge in [0.2, 0.25) is 5.91 Å². The van der Waals surface area contributed by atoms with Crippen LogP contribution >= 0.6 is 0 Å². The lowest BCUT2D eigenvalue weighted by molar-refractivity contribution is -0.492. The standard InChI is InChI=1S/C6H14N2O5/c9-4-3-7-6(10)2-1-5-13-8(11)12/h9,11-12H,1-5H2,(H,7,10). The minimum Gasteiger partial charge on any atom is -0.395 e. The van der Waals surface area contributed by atoms with Gasteiger partial charge in [0.05, 0.1) is 18.6 Å². The molecule has 0 atom stereocenters. The van der Waals surface area contributed by atoms with Crippen LogP contribution in [0.25, 0.3) is 0 Å². The molecule has 0 fully saturated rings. The van der Waals surface area contributed by atoms with Crippen molar-refractivity contribution in [1.82, 2.24) is 10.7 Å². The summed E-state index contributed by atoms with van der Waals surface area (Å²) >= 11 is 0. The molecule has 4 N–H and O–H groups in total. The molecule has 0 unspecified atom stereocenters. The van der Waals surface area contributed by atoms with Crippen LogP contribution in [0.2, 0.25) is 0 Å². The minimum absolute atomic E-state index is 0.0412. The van der Waals surface area contributed by atoms with E-state index < -0.39 is 5.39 Å². The van der Waals surface area contributed by atoms with E-state index in [2.05, 4.69) is 10.2 Å². The fourth-order valence-corrected chi connectivity index (χ4v) is 0.663. The Balaban J connectivity index is 3.17. The molecule has 0 aromatic rings. The van der Waals surface area contributed by atoms with Crippen molar-refractivity contribution in [3.63, 3.8) is 0 Å². The van der Waals surface area contributed by atoms with Crippen molar-refractivity contribution in [2.24, 2.45) is 0 Å². The Morgan fingerprint density at radius 2 is 2.15 bits per heavy atom. The Morgan fingerprint density at radius 1 is 1.46 bits per heavy atom. The van der Waals surface area contributed by atoms with Gasteiger partial charge >= 0.3 is 0 Å². The lowest BCUT2D eigenvalue weighted by atomic mass is 10.3. The molecule has 0 saturated heterocycles. The predicted octanol–water partition coefficient (Wildman–Crippen LogP) is -1.11. The molecule has 0 saturated carbocycles. The molecule has 0 bridgehead atoms. The largest absolute Gasteiger partial charge is 0.395 e. The zero-order valence-electron chi connectivity index (χ0n) is 7.14. The highest BCUT2D eigenvalue weighted by Gasteiger charge is 2.00. The van der Waals surface area contributed by atoms with Gasteiger partial charge in [-0.2, -0.15) is 0 Å². The normalized spacial score (nSPS) is 10.5. The summed E-state index contributed by atoms with van der Waals surface area (Å²) in [7, 11) is 0. The topological polar surface area (TPSA) is 102 Å². The van der Waals surface area contributed by atoms with Gasteiger partial charge in [-0.05, 0) is 6.42 Å². The van der Waals surface area contributed by atoms with Gasteiger partial charge in [-0.1, -0.05) is 0 Å². The summed E-state index contributed by atoms with van der Waals surface area (Å²) in [5.41, 5.74) is 0. The molecule has 0 aromatic heterocycles. The van der Waals surface area contributed by atoms with Gasteiger partial charge in [-0.25, -0.2) is 0 Å². The minimum atomic E-state index is -0.397.